The largest absolute Gasteiger partial charge is 0.313 e. The van der Waals surface area contributed by atoms with Crippen LogP contribution in [0.3, 0.4) is 0 Å². The van der Waals surface area contributed by atoms with E-state index in [1.54, 1.807) is 11.8 Å². The number of benzene rings is 1. The molecule has 19 heavy (non-hydrogen) atoms. The lowest BCUT2D eigenvalue weighted by Gasteiger charge is -2.12. The van der Waals surface area contributed by atoms with Gasteiger partial charge < -0.3 is 5.32 Å². The second-order valence-electron chi connectivity index (χ2n) is 4.13. The molecule has 1 aromatic carbocycles. The summed E-state index contributed by atoms with van der Waals surface area (Å²) in [7, 11) is 1.94. The van der Waals surface area contributed by atoms with Crippen LogP contribution in [0.1, 0.15) is 31.3 Å². The molecule has 2 rings (SSSR count). The first kappa shape index (κ1) is 14.8. The summed E-state index contributed by atoms with van der Waals surface area (Å²) in [5, 5.41) is 3.96. The van der Waals surface area contributed by atoms with Gasteiger partial charge in [-0.2, -0.15) is 4.37 Å². The van der Waals surface area contributed by atoms with Gasteiger partial charge in [0.05, 0.1) is 5.02 Å². The average Bonchev–Trinajstić information content (AvgIpc) is 2.88. The summed E-state index contributed by atoms with van der Waals surface area (Å²) in [6.07, 6.45) is 0.864. The van der Waals surface area contributed by atoms with Crippen molar-refractivity contribution >= 4 is 34.9 Å². The van der Waals surface area contributed by atoms with E-state index in [0.717, 1.165) is 26.5 Å². The topological polar surface area (TPSA) is 37.8 Å². The van der Waals surface area contributed by atoms with E-state index in [-0.39, 0.29) is 0 Å². The van der Waals surface area contributed by atoms with Gasteiger partial charge in [-0.3, -0.25) is 0 Å². The molecule has 1 unspecified atom stereocenters. The monoisotopic (exact) mass is 313 g/mol. The van der Waals surface area contributed by atoms with Gasteiger partial charge in [0.2, 0.25) is 0 Å². The fraction of sp³-hybridized carbons (Fsp3) is 0.385. The number of halogens is 1. The maximum Gasteiger partial charge on any atom is 0.174 e. The van der Waals surface area contributed by atoms with Crippen molar-refractivity contribution in [2.75, 3.05) is 7.05 Å². The molecule has 0 amide bonds. The van der Waals surface area contributed by atoms with Crippen LogP contribution in [-0.2, 0) is 6.42 Å². The molecule has 0 fully saturated rings. The van der Waals surface area contributed by atoms with Crippen molar-refractivity contribution in [3.63, 3.8) is 0 Å². The van der Waals surface area contributed by atoms with Gasteiger partial charge in [-0.25, -0.2) is 4.98 Å². The quantitative estimate of drug-likeness (QED) is 0.898. The first-order valence-corrected chi connectivity index (χ1v) is 8.08. The summed E-state index contributed by atoms with van der Waals surface area (Å²) in [5.74, 6) is 0.893. The molecule has 0 radical (unpaired) electrons. The molecule has 0 saturated heterocycles. The highest BCUT2D eigenvalue weighted by Gasteiger charge is 2.10. The number of rotatable bonds is 5. The molecule has 0 aliphatic rings. The van der Waals surface area contributed by atoms with Gasteiger partial charge in [0.25, 0.3) is 0 Å². The summed E-state index contributed by atoms with van der Waals surface area (Å²) in [5.41, 5.74) is 1.18. The van der Waals surface area contributed by atoms with Crippen LogP contribution in [0.2, 0.25) is 5.02 Å². The molecule has 6 heteroatoms. The summed E-state index contributed by atoms with van der Waals surface area (Å²) in [4.78, 5) is 5.46. The number of aryl methyl sites for hydroxylation is 1. The number of nitrogens with one attached hydrogen (secondary N) is 1. The molecular formula is C13H16ClN3S2. The Bertz CT molecular complexity index is 557. The lowest BCUT2D eigenvalue weighted by Crippen LogP contribution is -2.12. The Balaban J connectivity index is 2.17. The third-order valence-corrected chi connectivity index (χ3v) is 5.14. The molecule has 0 aliphatic heterocycles. The van der Waals surface area contributed by atoms with Crippen LogP contribution in [0, 0.1) is 0 Å². The van der Waals surface area contributed by atoms with Crippen LogP contribution in [-0.4, -0.2) is 16.4 Å². The van der Waals surface area contributed by atoms with Gasteiger partial charge in [0, 0.05) is 17.4 Å². The third-order valence-electron chi connectivity index (χ3n) is 2.85. The second kappa shape index (κ2) is 6.70. The third kappa shape index (κ3) is 3.69. The Morgan fingerprint density at radius 1 is 1.47 bits per heavy atom. The van der Waals surface area contributed by atoms with Crippen LogP contribution >= 0.6 is 34.9 Å². The minimum absolute atomic E-state index is 0.296. The molecule has 0 spiro atoms. The fourth-order valence-electron chi connectivity index (χ4n) is 1.55. The molecule has 1 N–H and O–H groups in total. The highest BCUT2D eigenvalue weighted by molar-refractivity contribution is 8.01. The van der Waals surface area contributed by atoms with Crippen molar-refractivity contribution in [3.05, 3.63) is 34.6 Å². The summed E-state index contributed by atoms with van der Waals surface area (Å²) in [6, 6.07) is 6.44. The maximum absolute atomic E-state index is 6.33. The van der Waals surface area contributed by atoms with Gasteiger partial charge in [0.1, 0.15) is 5.82 Å². The highest BCUT2D eigenvalue weighted by atomic mass is 35.5. The standard InChI is InChI=1S/C13H16ClN3S2/c1-4-12-16-13(19-17-12)18-11-6-5-9(7-10(11)14)8(2)15-3/h5-8,15H,4H2,1-3H3. The molecule has 1 aromatic heterocycles. The van der Waals surface area contributed by atoms with Crippen molar-refractivity contribution in [2.24, 2.45) is 0 Å². The van der Waals surface area contributed by atoms with Crippen molar-refractivity contribution < 1.29 is 0 Å². The van der Waals surface area contributed by atoms with Crippen LogP contribution in [0.25, 0.3) is 0 Å². The minimum Gasteiger partial charge on any atom is -0.313 e. The average molecular weight is 314 g/mol. The Morgan fingerprint density at radius 2 is 2.26 bits per heavy atom. The normalized spacial score (nSPS) is 12.6. The molecule has 1 heterocycles. The summed E-state index contributed by atoms with van der Waals surface area (Å²) in [6.45, 7) is 4.16. The van der Waals surface area contributed by atoms with Gasteiger partial charge >= 0.3 is 0 Å². The van der Waals surface area contributed by atoms with E-state index in [0.29, 0.717) is 6.04 Å². The number of nitrogens with zero attached hydrogens (tertiary/aromatic N) is 2. The van der Waals surface area contributed by atoms with Crippen molar-refractivity contribution in [1.82, 2.24) is 14.7 Å². The lowest BCUT2D eigenvalue weighted by atomic mass is 10.1. The molecular weight excluding hydrogens is 298 g/mol. The van der Waals surface area contributed by atoms with E-state index in [1.807, 2.05) is 19.2 Å². The number of aromatic nitrogens is 2. The smallest absolute Gasteiger partial charge is 0.174 e. The van der Waals surface area contributed by atoms with Crippen molar-refractivity contribution in [2.45, 2.75) is 35.5 Å². The van der Waals surface area contributed by atoms with E-state index in [9.17, 15) is 0 Å². The van der Waals surface area contributed by atoms with Gasteiger partial charge in [-0.05, 0) is 43.2 Å². The van der Waals surface area contributed by atoms with Gasteiger partial charge in [-0.15, -0.1) is 0 Å². The van der Waals surface area contributed by atoms with E-state index >= 15 is 0 Å². The van der Waals surface area contributed by atoms with Crippen LogP contribution < -0.4 is 5.32 Å². The zero-order chi connectivity index (χ0) is 13.8. The minimum atomic E-state index is 0.296. The molecule has 3 nitrogen and oxygen atoms in total. The highest BCUT2D eigenvalue weighted by Crippen LogP contribution is 2.35. The predicted octanol–water partition coefficient (Wildman–Crippen LogP) is 4.19. The molecule has 0 saturated carbocycles. The first-order valence-electron chi connectivity index (χ1n) is 6.11. The van der Waals surface area contributed by atoms with Crippen LogP contribution in [0.5, 0.6) is 0 Å². The van der Waals surface area contributed by atoms with Gasteiger partial charge in [-0.1, -0.05) is 36.4 Å². The molecule has 0 aliphatic carbocycles. The first-order chi connectivity index (χ1) is 9.13. The van der Waals surface area contributed by atoms with Crippen LogP contribution in [0.4, 0.5) is 0 Å². The second-order valence-corrected chi connectivity index (χ2v) is 6.58. The Kier molecular flexibility index (Phi) is 5.21. The number of hydrogen-bond donors (Lipinski definition) is 1. The SMILES string of the molecule is CCc1nsc(Sc2ccc(C(C)NC)cc2Cl)n1. The van der Waals surface area contributed by atoms with E-state index in [2.05, 4.69) is 34.6 Å². The summed E-state index contributed by atoms with van der Waals surface area (Å²) < 4.78 is 5.21. The molecule has 0 bridgehead atoms. The van der Waals surface area contributed by atoms with Gasteiger partial charge in [0.15, 0.2) is 4.34 Å². The maximum atomic E-state index is 6.33. The van der Waals surface area contributed by atoms with Crippen LogP contribution in [0.15, 0.2) is 27.4 Å². The molecule has 1 atom stereocenters. The molecule has 2 aromatic rings. The zero-order valence-corrected chi connectivity index (χ0v) is 13.5. The van der Waals surface area contributed by atoms with E-state index in [4.69, 9.17) is 11.6 Å². The lowest BCUT2D eigenvalue weighted by molar-refractivity contribution is 0.652. The van der Waals surface area contributed by atoms with Crippen molar-refractivity contribution in [1.29, 1.82) is 0 Å². The Morgan fingerprint density at radius 3 is 2.84 bits per heavy atom. The fourth-order valence-corrected chi connectivity index (χ4v) is 3.52. The number of hydrogen-bond acceptors (Lipinski definition) is 5. The van der Waals surface area contributed by atoms with E-state index in [1.165, 1.54) is 17.1 Å². The zero-order valence-electron chi connectivity index (χ0n) is 11.1. The molecule has 102 valence electrons. The Hall–Kier alpha value is -0.620. The Labute approximate surface area is 127 Å². The summed E-state index contributed by atoms with van der Waals surface area (Å²) >= 11 is 9.32. The van der Waals surface area contributed by atoms with Crippen molar-refractivity contribution in [3.8, 4) is 0 Å². The van der Waals surface area contributed by atoms with E-state index < -0.39 is 0 Å². The predicted molar refractivity (Wildman–Crippen MR) is 82.3 cm³/mol.